The summed E-state index contributed by atoms with van der Waals surface area (Å²) in [6, 6.07) is 0. The van der Waals surface area contributed by atoms with E-state index in [-0.39, 0.29) is 5.91 Å². The zero-order valence-corrected chi connectivity index (χ0v) is 14.5. The third-order valence-electron chi connectivity index (χ3n) is 4.58. The molecule has 22 heavy (non-hydrogen) atoms. The Labute approximate surface area is 135 Å². The molecule has 0 aliphatic carbocycles. The van der Waals surface area contributed by atoms with Crippen LogP contribution in [0.15, 0.2) is 0 Å². The minimum atomic E-state index is 0.263. The van der Waals surface area contributed by atoms with Crippen molar-refractivity contribution in [1.82, 2.24) is 19.6 Å². The molecule has 0 aromatic rings. The summed E-state index contributed by atoms with van der Waals surface area (Å²) in [6.45, 7) is 12.0. The Balaban J connectivity index is 1.80. The van der Waals surface area contributed by atoms with Gasteiger partial charge in [0.15, 0.2) is 0 Å². The predicted molar refractivity (Wildman–Crippen MR) is 88.0 cm³/mol. The fourth-order valence-corrected chi connectivity index (χ4v) is 3.29. The van der Waals surface area contributed by atoms with Gasteiger partial charge in [-0.1, -0.05) is 6.92 Å². The lowest BCUT2D eigenvalue weighted by Crippen LogP contribution is -2.50. The van der Waals surface area contributed by atoms with Gasteiger partial charge >= 0.3 is 0 Å². The monoisotopic (exact) mass is 312 g/mol. The van der Waals surface area contributed by atoms with Crippen molar-refractivity contribution >= 4 is 5.91 Å². The molecule has 6 nitrogen and oxygen atoms in total. The van der Waals surface area contributed by atoms with E-state index < -0.39 is 0 Å². The zero-order valence-electron chi connectivity index (χ0n) is 14.5. The number of likely N-dealkylation sites (N-methyl/N-ethyl adjacent to an activating group) is 1. The van der Waals surface area contributed by atoms with Crippen molar-refractivity contribution in [2.75, 3.05) is 86.2 Å². The molecule has 0 saturated carbocycles. The highest BCUT2D eigenvalue weighted by atomic mass is 16.5. The second kappa shape index (κ2) is 8.82. The first-order valence-corrected chi connectivity index (χ1v) is 8.53. The van der Waals surface area contributed by atoms with E-state index in [1.54, 1.807) is 0 Å². The number of nitrogens with zero attached hydrogens (tertiary/aromatic N) is 4. The smallest absolute Gasteiger partial charge is 0.236 e. The maximum atomic E-state index is 12.6. The molecule has 0 radical (unpaired) electrons. The number of carbonyl (C=O) groups excluding carboxylic acids is 1. The first kappa shape index (κ1) is 17.7. The SMILES string of the molecule is CCN1CCN(CC(=O)N2CCOCC(CN(C)C)C2)CC1. The molecule has 0 N–H and O–H groups in total. The van der Waals surface area contributed by atoms with Crippen molar-refractivity contribution in [3.63, 3.8) is 0 Å². The van der Waals surface area contributed by atoms with Gasteiger partial charge in [0.25, 0.3) is 0 Å². The molecule has 0 bridgehead atoms. The van der Waals surface area contributed by atoms with Crippen molar-refractivity contribution in [3.8, 4) is 0 Å². The van der Waals surface area contributed by atoms with Crippen LogP contribution in [-0.2, 0) is 9.53 Å². The number of ether oxygens (including phenoxy) is 1. The largest absolute Gasteiger partial charge is 0.379 e. The summed E-state index contributed by atoms with van der Waals surface area (Å²) in [5, 5.41) is 0. The number of amides is 1. The Kier molecular flexibility index (Phi) is 7.08. The summed E-state index contributed by atoms with van der Waals surface area (Å²) < 4.78 is 5.67. The van der Waals surface area contributed by atoms with Gasteiger partial charge in [-0.2, -0.15) is 0 Å². The van der Waals surface area contributed by atoms with Crippen LogP contribution in [0.2, 0.25) is 0 Å². The molecular weight excluding hydrogens is 280 g/mol. The number of piperazine rings is 1. The maximum absolute atomic E-state index is 12.6. The van der Waals surface area contributed by atoms with Gasteiger partial charge in [0.2, 0.25) is 5.91 Å². The Bertz CT molecular complexity index is 343. The fraction of sp³-hybridized carbons (Fsp3) is 0.938. The van der Waals surface area contributed by atoms with E-state index in [0.29, 0.717) is 19.1 Å². The van der Waals surface area contributed by atoms with Gasteiger partial charge in [-0.05, 0) is 20.6 Å². The molecule has 2 saturated heterocycles. The summed E-state index contributed by atoms with van der Waals surface area (Å²) >= 11 is 0. The molecule has 2 fully saturated rings. The standard InChI is InChI=1S/C16H32N4O2/c1-4-18-5-7-19(8-6-18)13-16(21)20-9-10-22-14-15(12-20)11-17(2)3/h15H,4-14H2,1-3H3. The third kappa shape index (κ3) is 5.50. The highest BCUT2D eigenvalue weighted by molar-refractivity contribution is 5.78. The highest BCUT2D eigenvalue weighted by Crippen LogP contribution is 2.10. The molecule has 2 aliphatic heterocycles. The zero-order chi connectivity index (χ0) is 15.9. The normalized spacial score (nSPS) is 25.5. The van der Waals surface area contributed by atoms with Gasteiger partial charge in [-0.3, -0.25) is 9.69 Å². The van der Waals surface area contributed by atoms with Crippen LogP contribution < -0.4 is 0 Å². The van der Waals surface area contributed by atoms with Gasteiger partial charge in [0, 0.05) is 51.7 Å². The second-order valence-corrected chi connectivity index (χ2v) is 6.75. The van der Waals surface area contributed by atoms with Gasteiger partial charge in [-0.15, -0.1) is 0 Å². The van der Waals surface area contributed by atoms with E-state index in [1.807, 2.05) is 4.90 Å². The van der Waals surface area contributed by atoms with Crippen LogP contribution in [-0.4, -0.2) is 112 Å². The molecule has 1 amide bonds. The third-order valence-corrected chi connectivity index (χ3v) is 4.58. The maximum Gasteiger partial charge on any atom is 0.236 e. The summed E-state index contributed by atoms with van der Waals surface area (Å²) in [5.74, 6) is 0.678. The Hall–Kier alpha value is -0.690. The molecular formula is C16H32N4O2. The second-order valence-electron chi connectivity index (χ2n) is 6.75. The molecule has 2 heterocycles. The molecule has 2 rings (SSSR count). The lowest BCUT2D eigenvalue weighted by molar-refractivity contribution is -0.133. The molecule has 2 aliphatic rings. The van der Waals surface area contributed by atoms with Crippen LogP contribution in [0.25, 0.3) is 0 Å². The summed E-state index contributed by atoms with van der Waals surface area (Å²) in [5.41, 5.74) is 0. The quantitative estimate of drug-likeness (QED) is 0.695. The first-order valence-electron chi connectivity index (χ1n) is 8.53. The van der Waals surface area contributed by atoms with Gasteiger partial charge in [0.05, 0.1) is 19.8 Å². The molecule has 1 unspecified atom stereocenters. The molecule has 1 atom stereocenters. The Morgan fingerprint density at radius 3 is 2.45 bits per heavy atom. The van der Waals surface area contributed by atoms with Gasteiger partial charge < -0.3 is 19.4 Å². The van der Waals surface area contributed by atoms with Crippen molar-refractivity contribution in [3.05, 3.63) is 0 Å². The van der Waals surface area contributed by atoms with E-state index in [2.05, 4.69) is 35.7 Å². The molecule has 0 spiro atoms. The van der Waals surface area contributed by atoms with Crippen LogP contribution in [0.4, 0.5) is 0 Å². The Morgan fingerprint density at radius 2 is 1.82 bits per heavy atom. The van der Waals surface area contributed by atoms with E-state index in [0.717, 1.165) is 59.0 Å². The van der Waals surface area contributed by atoms with Crippen LogP contribution in [0.3, 0.4) is 0 Å². The van der Waals surface area contributed by atoms with Crippen molar-refractivity contribution in [2.45, 2.75) is 6.92 Å². The first-order chi connectivity index (χ1) is 10.6. The number of hydrogen-bond donors (Lipinski definition) is 0. The van der Waals surface area contributed by atoms with Crippen LogP contribution >= 0.6 is 0 Å². The summed E-state index contributed by atoms with van der Waals surface area (Å²) in [7, 11) is 4.15. The van der Waals surface area contributed by atoms with E-state index >= 15 is 0 Å². The molecule has 0 aromatic carbocycles. The van der Waals surface area contributed by atoms with Crippen molar-refractivity contribution in [2.24, 2.45) is 5.92 Å². The minimum Gasteiger partial charge on any atom is -0.379 e. The van der Waals surface area contributed by atoms with Crippen LogP contribution in [0.1, 0.15) is 6.92 Å². The highest BCUT2D eigenvalue weighted by Gasteiger charge is 2.25. The van der Waals surface area contributed by atoms with Crippen LogP contribution in [0.5, 0.6) is 0 Å². The summed E-state index contributed by atoms with van der Waals surface area (Å²) in [6.07, 6.45) is 0. The average molecular weight is 312 g/mol. The minimum absolute atomic E-state index is 0.263. The van der Waals surface area contributed by atoms with Crippen LogP contribution in [0, 0.1) is 5.92 Å². The predicted octanol–water partition coefficient (Wildman–Crippen LogP) is -0.339. The Morgan fingerprint density at radius 1 is 1.14 bits per heavy atom. The molecule has 6 heteroatoms. The van der Waals surface area contributed by atoms with E-state index in [9.17, 15) is 4.79 Å². The number of rotatable bonds is 5. The average Bonchev–Trinajstić information content (AvgIpc) is 2.73. The van der Waals surface area contributed by atoms with Crippen molar-refractivity contribution in [1.29, 1.82) is 0 Å². The molecule has 0 aromatic heterocycles. The van der Waals surface area contributed by atoms with E-state index in [4.69, 9.17) is 4.74 Å². The lowest BCUT2D eigenvalue weighted by atomic mass is 10.1. The fourth-order valence-electron chi connectivity index (χ4n) is 3.29. The molecule has 128 valence electrons. The number of hydrogen-bond acceptors (Lipinski definition) is 5. The lowest BCUT2D eigenvalue weighted by Gasteiger charge is -2.35. The van der Waals surface area contributed by atoms with Gasteiger partial charge in [-0.25, -0.2) is 0 Å². The van der Waals surface area contributed by atoms with Crippen molar-refractivity contribution < 1.29 is 9.53 Å². The summed E-state index contributed by atoms with van der Waals surface area (Å²) in [4.78, 5) is 21.5. The number of carbonyl (C=O) groups is 1. The van der Waals surface area contributed by atoms with E-state index in [1.165, 1.54) is 0 Å². The van der Waals surface area contributed by atoms with Gasteiger partial charge in [0.1, 0.15) is 0 Å². The topological polar surface area (TPSA) is 39.3 Å².